The first-order valence-corrected chi connectivity index (χ1v) is 9.32. The van der Waals surface area contributed by atoms with Crippen molar-refractivity contribution in [2.24, 2.45) is 0 Å². The van der Waals surface area contributed by atoms with Crippen LogP contribution in [0.1, 0.15) is 15.4 Å². The first-order valence-electron chi connectivity index (χ1n) is 6.94. The van der Waals surface area contributed by atoms with Gasteiger partial charge >= 0.3 is 0 Å². The van der Waals surface area contributed by atoms with E-state index in [1.165, 1.54) is 11.3 Å². The zero-order chi connectivity index (χ0) is 16.8. The van der Waals surface area contributed by atoms with Gasteiger partial charge in [-0.2, -0.15) is 0 Å². The Morgan fingerprint density at radius 1 is 1.00 bits per heavy atom. The van der Waals surface area contributed by atoms with Crippen molar-refractivity contribution in [3.63, 3.8) is 0 Å². The lowest BCUT2D eigenvalue weighted by atomic mass is 10.2. The van der Waals surface area contributed by atoms with Crippen molar-refractivity contribution in [1.82, 2.24) is 9.97 Å². The Morgan fingerprint density at radius 3 is 2.33 bits per heavy atom. The van der Waals surface area contributed by atoms with Gasteiger partial charge in [-0.05, 0) is 37.3 Å². The Morgan fingerprint density at radius 2 is 1.62 bits per heavy atom. The molecule has 0 fully saturated rings. The molecule has 1 amide bonds. The summed E-state index contributed by atoms with van der Waals surface area (Å²) >= 11 is 15.0. The molecule has 0 atom stereocenters. The van der Waals surface area contributed by atoms with E-state index < -0.39 is 0 Å². The van der Waals surface area contributed by atoms with Crippen molar-refractivity contribution in [3.8, 4) is 0 Å². The predicted octanol–water partition coefficient (Wildman–Crippen LogP) is 5.77. The third kappa shape index (κ3) is 2.86. The van der Waals surface area contributed by atoms with Gasteiger partial charge in [0.25, 0.3) is 5.91 Å². The number of halogens is 2. The van der Waals surface area contributed by atoms with Gasteiger partial charge in [-0.1, -0.05) is 34.5 Å². The van der Waals surface area contributed by atoms with Crippen LogP contribution in [0, 0.1) is 6.92 Å². The summed E-state index contributed by atoms with van der Waals surface area (Å²) in [5.74, 6) is -0.296. The van der Waals surface area contributed by atoms with Crippen LogP contribution in [0.3, 0.4) is 0 Å². The molecule has 0 aliphatic rings. The summed E-state index contributed by atoms with van der Waals surface area (Å²) in [6.45, 7) is 1.98. The average Bonchev–Trinajstić information content (AvgIpc) is 3.07. The Balaban J connectivity index is 1.71. The second-order valence-corrected chi connectivity index (χ2v) is 8.20. The van der Waals surface area contributed by atoms with Crippen LogP contribution in [-0.2, 0) is 0 Å². The molecule has 2 aromatic carbocycles. The zero-order valence-corrected chi connectivity index (χ0v) is 15.4. The molecule has 0 aliphatic carbocycles. The topological polar surface area (TPSA) is 54.9 Å². The maximum atomic E-state index is 12.4. The van der Waals surface area contributed by atoms with Gasteiger partial charge in [0.2, 0.25) is 0 Å². The van der Waals surface area contributed by atoms with Crippen LogP contribution in [0.5, 0.6) is 0 Å². The van der Waals surface area contributed by atoms with Crippen molar-refractivity contribution in [3.05, 3.63) is 50.9 Å². The Labute approximate surface area is 155 Å². The maximum absolute atomic E-state index is 12.4. The first-order chi connectivity index (χ1) is 11.5. The molecule has 2 heterocycles. The number of rotatable bonds is 2. The fourth-order valence-electron chi connectivity index (χ4n) is 2.39. The number of hydrogen-bond donors (Lipinski definition) is 1. The highest BCUT2D eigenvalue weighted by atomic mass is 35.5. The summed E-state index contributed by atoms with van der Waals surface area (Å²) in [5.41, 5.74) is 2.19. The van der Waals surface area contributed by atoms with Crippen LogP contribution in [0.2, 0.25) is 10.0 Å². The summed E-state index contributed by atoms with van der Waals surface area (Å²) in [6, 6.07) is 8.59. The highest BCUT2D eigenvalue weighted by molar-refractivity contribution is 7.28. The molecule has 0 spiro atoms. The third-order valence-electron chi connectivity index (χ3n) is 3.36. The van der Waals surface area contributed by atoms with E-state index in [9.17, 15) is 4.79 Å². The monoisotopic (exact) mass is 393 g/mol. The molecule has 120 valence electrons. The number of benzene rings is 2. The number of anilines is 1. The van der Waals surface area contributed by atoms with Gasteiger partial charge < -0.3 is 0 Å². The van der Waals surface area contributed by atoms with E-state index >= 15 is 0 Å². The number of hydrogen-bond acceptors (Lipinski definition) is 5. The summed E-state index contributed by atoms with van der Waals surface area (Å²) in [4.78, 5) is 21.4. The van der Waals surface area contributed by atoms with Crippen LogP contribution >= 0.6 is 45.9 Å². The number of thiazole rings is 2. The molecule has 4 aromatic rings. The van der Waals surface area contributed by atoms with Gasteiger partial charge in [0.15, 0.2) is 5.13 Å². The molecule has 0 unspecified atom stereocenters. The van der Waals surface area contributed by atoms with E-state index in [0.717, 1.165) is 25.4 Å². The lowest BCUT2D eigenvalue weighted by Gasteiger charge is -2.02. The number of carbonyl (C=O) groups is 1. The zero-order valence-electron chi connectivity index (χ0n) is 12.3. The van der Waals surface area contributed by atoms with Crippen molar-refractivity contribution in [2.75, 3.05) is 5.32 Å². The molecule has 8 heteroatoms. The van der Waals surface area contributed by atoms with Gasteiger partial charge in [0, 0.05) is 15.6 Å². The predicted molar refractivity (Wildman–Crippen MR) is 102 cm³/mol. The van der Waals surface area contributed by atoms with Crippen molar-refractivity contribution >= 4 is 77.3 Å². The van der Waals surface area contributed by atoms with Gasteiger partial charge in [0.1, 0.15) is 0 Å². The van der Waals surface area contributed by atoms with Crippen LogP contribution in [-0.4, -0.2) is 15.9 Å². The number of nitrogens with zero attached hydrogens (tertiary/aromatic N) is 2. The summed E-state index contributed by atoms with van der Waals surface area (Å²) in [7, 11) is 0. The van der Waals surface area contributed by atoms with E-state index in [1.54, 1.807) is 29.5 Å². The highest BCUT2D eigenvalue weighted by Crippen LogP contribution is 2.36. The van der Waals surface area contributed by atoms with E-state index in [2.05, 4.69) is 15.3 Å². The number of aromatic nitrogens is 2. The molecule has 0 bridgehead atoms. The minimum absolute atomic E-state index is 0.296. The van der Waals surface area contributed by atoms with E-state index in [4.69, 9.17) is 23.2 Å². The molecule has 1 N–H and O–H groups in total. The molecule has 0 aliphatic heterocycles. The van der Waals surface area contributed by atoms with Crippen LogP contribution in [0.15, 0.2) is 30.3 Å². The Hall–Kier alpha value is -1.73. The molecule has 0 saturated heterocycles. The lowest BCUT2D eigenvalue weighted by molar-refractivity contribution is 0.102. The molecular formula is C16H9Cl2N3OS2. The smallest absolute Gasteiger partial charge is 0.257 e. The Bertz CT molecular complexity index is 1080. The summed E-state index contributed by atoms with van der Waals surface area (Å²) in [5, 5.41) is 5.18. The Kier molecular flexibility index (Phi) is 3.92. The third-order valence-corrected chi connectivity index (χ3v) is 5.94. The SMILES string of the molecule is Cc1nc2ccc3nc(NC(=O)c4cc(Cl)cc(Cl)c4)sc3c2s1. The highest BCUT2D eigenvalue weighted by Gasteiger charge is 2.14. The van der Waals surface area contributed by atoms with Gasteiger partial charge in [-0.3, -0.25) is 10.1 Å². The fourth-order valence-corrected chi connectivity index (χ4v) is 4.92. The fraction of sp³-hybridized carbons (Fsp3) is 0.0625. The first kappa shape index (κ1) is 15.8. The molecule has 4 nitrogen and oxygen atoms in total. The summed E-state index contributed by atoms with van der Waals surface area (Å²) in [6.07, 6.45) is 0. The van der Waals surface area contributed by atoms with Gasteiger partial charge in [-0.15, -0.1) is 11.3 Å². The second-order valence-electron chi connectivity index (χ2n) is 5.13. The van der Waals surface area contributed by atoms with E-state index in [0.29, 0.717) is 20.7 Å². The maximum Gasteiger partial charge on any atom is 0.257 e. The van der Waals surface area contributed by atoms with Crippen LogP contribution in [0.25, 0.3) is 20.4 Å². The number of fused-ring (bicyclic) bond motifs is 3. The molecule has 24 heavy (non-hydrogen) atoms. The molecule has 0 radical (unpaired) electrons. The van der Waals surface area contributed by atoms with E-state index in [1.807, 2.05) is 19.1 Å². The van der Waals surface area contributed by atoms with E-state index in [-0.39, 0.29) is 5.91 Å². The standard InChI is InChI=1S/C16H9Cl2N3OS2/c1-7-19-11-2-3-12-14(13(11)23-7)24-16(20-12)21-15(22)8-4-9(17)6-10(18)5-8/h2-6H,1H3,(H,20,21,22). The van der Waals surface area contributed by atoms with Crippen LogP contribution in [0.4, 0.5) is 5.13 Å². The number of aryl methyl sites for hydroxylation is 1. The minimum Gasteiger partial charge on any atom is -0.298 e. The lowest BCUT2D eigenvalue weighted by Crippen LogP contribution is -2.11. The normalized spacial score (nSPS) is 11.3. The summed E-state index contributed by atoms with van der Waals surface area (Å²) < 4.78 is 2.12. The van der Waals surface area contributed by atoms with Crippen molar-refractivity contribution < 1.29 is 4.79 Å². The molecule has 4 rings (SSSR count). The molecule has 0 saturated carbocycles. The largest absolute Gasteiger partial charge is 0.298 e. The minimum atomic E-state index is -0.296. The molecule has 2 aromatic heterocycles. The molecular weight excluding hydrogens is 385 g/mol. The van der Waals surface area contributed by atoms with Crippen molar-refractivity contribution in [1.29, 1.82) is 0 Å². The average molecular weight is 394 g/mol. The quantitative estimate of drug-likeness (QED) is 0.469. The van der Waals surface area contributed by atoms with Crippen LogP contribution < -0.4 is 5.32 Å². The number of nitrogens with one attached hydrogen (secondary N) is 1. The number of amides is 1. The number of carbonyl (C=O) groups excluding carboxylic acids is 1. The van der Waals surface area contributed by atoms with Gasteiger partial charge in [0.05, 0.1) is 25.4 Å². The van der Waals surface area contributed by atoms with Gasteiger partial charge in [-0.25, -0.2) is 9.97 Å². The van der Waals surface area contributed by atoms with Crippen molar-refractivity contribution in [2.45, 2.75) is 6.92 Å². The second kappa shape index (κ2) is 5.97.